The van der Waals surface area contributed by atoms with Crippen LogP contribution in [0.25, 0.3) is 0 Å². The van der Waals surface area contributed by atoms with E-state index >= 15 is 0 Å². The third-order valence-electron chi connectivity index (χ3n) is 0.827. The lowest BCUT2D eigenvalue weighted by Gasteiger charge is -1.87. The molecule has 0 aromatic heterocycles. The standard InChI is InChI=1S/C6H5ClO.4H2O4S/c7-5-1-3-6(8)4-2-5;4*1-5(2,3)4/h1-4,8H;4*(H2,1,2,3,4). The maximum atomic E-state index is 8.74. The Balaban J connectivity index is -0.000000131. The summed E-state index contributed by atoms with van der Waals surface area (Å²) in [7, 11) is -18.7. The molecule has 1 aromatic carbocycles. The summed E-state index contributed by atoms with van der Waals surface area (Å²) in [4.78, 5) is 0. The van der Waals surface area contributed by atoms with E-state index in [9.17, 15) is 0 Å². The van der Waals surface area contributed by atoms with Gasteiger partial charge >= 0.3 is 41.6 Å². The lowest BCUT2D eigenvalue weighted by atomic mass is 10.3. The molecule has 0 aliphatic rings. The molecule has 0 unspecified atom stereocenters. The molecule has 0 aliphatic carbocycles. The van der Waals surface area contributed by atoms with Crippen LogP contribution in [0.1, 0.15) is 0 Å². The van der Waals surface area contributed by atoms with Crippen LogP contribution >= 0.6 is 11.6 Å². The third kappa shape index (κ3) is 182. The third-order valence-corrected chi connectivity index (χ3v) is 1.08. The van der Waals surface area contributed by atoms with Gasteiger partial charge in [-0.05, 0) is 24.3 Å². The molecule has 9 N–H and O–H groups in total. The van der Waals surface area contributed by atoms with Crippen molar-refractivity contribution in [3.63, 3.8) is 0 Å². The summed E-state index contributed by atoms with van der Waals surface area (Å²) < 4.78 is 126. The van der Waals surface area contributed by atoms with Crippen molar-refractivity contribution in [1.82, 2.24) is 0 Å². The predicted molar refractivity (Wildman–Crippen MR) is 89.8 cm³/mol. The summed E-state index contributed by atoms with van der Waals surface area (Å²) in [6.45, 7) is 0. The van der Waals surface area contributed by atoms with Crippen LogP contribution in [0.3, 0.4) is 0 Å². The number of phenols is 1. The van der Waals surface area contributed by atoms with Gasteiger partial charge in [0, 0.05) is 5.02 Å². The second kappa shape index (κ2) is 14.7. The van der Waals surface area contributed by atoms with Crippen molar-refractivity contribution in [2.45, 2.75) is 0 Å². The second-order valence-corrected chi connectivity index (χ2v) is 7.29. The first kappa shape index (κ1) is 34.3. The highest BCUT2D eigenvalue weighted by Crippen LogP contribution is 2.12. The van der Waals surface area contributed by atoms with Crippen molar-refractivity contribution in [3.05, 3.63) is 29.3 Å². The molecule has 0 atom stereocenters. The Morgan fingerprint density at radius 1 is 0.500 bits per heavy atom. The van der Waals surface area contributed by atoms with Crippen LogP contribution in [0, 0.1) is 0 Å². The van der Waals surface area contributed by atoms with Gasteiger partial charge in [0.1, 0.15) is 5.75 Å². The van der Waals surface area contributed by atoms with Crippen LogP contribution in [0.15, 0.2) is 24.3 Å². The highest BCUT2D eigenvalue weighted by atomic mass is 35.5. The first-order valence-electron chi connectivity index (χ1n) is 5.03. The van der Waals surface area contributed by atoms with E-state index in [0.717, 1.165) is 0 Å². The van der Waals surface area contributed by atoms with Gasteiger partial charge in [0.25, 0.3) is 0 Å². The molecule has 1 rings (SSSR count). The average molecular weight is 521 g/mol. The molecule has 0 amide bonds. The number of halogens is 1. The van der Waals surface area contributed by atoms with Gasteiger partial charge in [0.15, 0.2) is 0 Å². The van der Waals surface area contributed by atoms with Crippen LogP contribution < -0.4 is 0 Å². The zero-order chi connectivity index (χ0) is 24.0. The largest absolute Gasteiger partial charge is 0.508 e. The highest BCUT2D eigenvalue weighted by Gasteiger charge is 1.86. The Morgan fingerprint density at radius 3 is 0.750 bits per heavy atom. The summed E-state index contributed by atoms with van der Waals surface area (Å²) in [5.41, 5.74) is 0. The van der Waals surface area contributed by atoms with E-state index in [4.69, 9.17) is 86.8 Å². The fourth-order valence-electron chi connectivity index (χ4n) is 0.441. The number of aromatic hydroxyl groups is 1. The van der Waals surface area contributed by atoms with E-state index in [-0.39, 0.29) is 5.75 Å². The van der Waals surface area contributed by atoms with Crippen molar-refractivity contribution in [3.8, 4) is 5.75 Å². The Kier molecular flexibility index (Phi) is 18.1. The molecule has 0 heterocycles. The fourth-order valence-corrected chi connectivity index (χ4v) is 0.567. The monoisotopic (exact) mass is 520 g/mol. The lowest BCUT2D eigenvalue weighted by molar-refractivity contribution is 0.378. The van der Waals surface area contributed by atoms with Crippen molar-refractivity contribution in [2.75, 3.05) is 0 Å². The minimum atomic E-state index is -4.67. The van der Waals surface area contributed by atoms with Crippen LogP contribution in [-0.2, 0) is 41.6 Å². The zero-order valence-corrected chi connectivity index (χ0v) is 16.6. The molecular weight excluding hydrogens is 508 g/mol. The van der Waals surface area contributed by atoms with Gasteiger partial charge in [-0.15, -0.1) is 0 Å². The Hall–Kier alpha value is -1.21. The number of hydrogen-bond acceptors (Lipinski definition) is 9. The van der Waals surface area contributed by atoms with Crippen molar-refractivity contribution < 1.29 is 75.2 Å². The number of phenolic OH excluding ortho intramolecular Hbond substituents is 1. The molecule has 1 aromatic rings. The Labute approximate surface area is 163 Å². The predicted octanol–water partition coefficient (Wildman–Crippen LogP) is -0.566. The molecule has 0 fully saturated rings. The van der Waals surface area contributed by atoms with Crippen LogP contribution in [0.5, 0.6) is 5.75 Å². The minimum Gasteiger partial charge on any atom is -0.508 e. The summed E-state index contributed by atoms with van der Waals surface area (Å²) >= 11 is 5.50. The molecule has 0 radical (unpaired) electrons. The summed E-state index contributed by atoms with van der Waals surface area (Å²) in [5.74, 6) is 0.245. The van der Waals surface area contributed by atoms with Crippen molar-refractivity contribution in [1.29, 1.82) is 0 Å². The molecule has 28 heavy (non-hydrogen) atoms. The van der Waals surface area contributed by atoms with E-state index in [1.165, 1.54) is 0 Å². The topological polar surface area (TPSA) is 319 Å². The van der Waals surface area contributed by atoms with Gasteiger partial charge in [0.2, 0.25) is 0 Å². The van der Waals surface area contributed by atoms with E-state index in [1.807, 2.05) is 0 Å². The van der Waals surface area contributed by atoms with Gasteiger partial charge in [-0.2, -0.15) is 33.7 Å². The smallest absolute Gasteiger partial charge is 0.394 e. The maximum absolute atomic E-state index is 8.74. The van der Waals surface area contributed by atoms with E-state index < -0.39 is 41.6 Å². The molecule has 0 aliphatic heterocycles. The van der Waals surface area contributed by atoms with Gasteiger partial charge in [-0.25, -0.2) is 0 Å². The molecule has 17 nitrogen and oxygen atoms in total. The molecule has 22 heteroatoms. The van der Waals surface area contributed by atoms with Crippen LogP contribution in [-0.4, -0.2) is 75.2 Å². The van der Waals surface area contributed by atoms with Gasteiger partial charge in [0.05, 0.1) is 0 Å². The fraction of sp³-hybridized carbons (Fsp3) is 0. The molecule has 0 saturated carbocycles. The SMILES string of the molecule is O=S(=O)(O)O.O=S(=O)(O)O.O=S(=O)(O)O.O=S(=O)(O)O.Oc1ccc(Cl)cc1. The number of hydrogen-bond donors (Lipinski definition) is 9. The molecule has 170 valence electrons. The van der Waals surface area contributed by atoms with E-state index in [0.29, 0.717) is 5.02 Å². The summed E-state index contributed by atoms with van der Waals surface area (Å²) in [6.07, 6.45) is 0. The molecular formula is C6H13ClO17S4. The molecule has 0 bridgehead atoms. The second-order valence-electron chi connectivity index (χ2n) is 3.27. The van der Waals surface area contributed by atoms with Crippen LogP contribution in [0.4, 0.5) is 0 Å². The van der Waals surface area contributed by atoms with Gasteiger partial charge < -0.3 is 5.11 Å². The molecule has 0 spiro atoms. The lowest BCUT2D eigenvalue weighted by Crippen LogP contribution is -1.89. The van der Waals surface area contributed by atoms with Gasteiger partial charge in [-0.1, -0.05) is 11.6 Å². The quantitative estimate of drug-likeness (QED) is 0.193. The summed E-state index contributed by atoms with van der Waals surface area (Å²) in [5, 5.41) is 9.34. The number of rotatable bonds is 0. The van der Waals surface area contributed by atoms with Crippen molar-refractivity contribution in [2.24, 2.45) is 0 Å². The first-order chi connectivity index (χ1) is 11.8. The average Bonchev–Trinajstić information content (AvgIpc) is 2.24. The summed E-state index contributed by atoms with van der Waals surface area (Å²) in [6, 6.07) is 6.36. The Morgan fingerprint density at radius 2 is 0.643 bits per heavy atom. The minimum absolute atomic E-state index is 0.245. The maximum Gasteiger partial charge on any atom is 0.394 e. The van der Waals surface area contributed by atoms with E-state index in [2.05, 4.69) is 0 Å². The normalized spacial score (nSPS) is 10.9. The first-order valence-corrected chi connectivity index (χ1v) is 11.0. The van der Waals surface area contributed by atoms with Crippen molar-refractivity contribution >= 4 is 53.2 Å². The molecule has 0 saturated heterocycles. The van der Waals surface area contributed by atoms with E-state index in [1.54, 1.807) is 24.3 Å². The zero-order valence-electron chi connectivity index (χ0n) is 12.6. The van der Waals surface area contributed by atoms with Crippen LogP contribution in [0.2, 0.25) is 5.02 Å². The van der Waals surface area contributed by atoms with Gasteiger partial charge in [-0.3, -0.25) is 36.4 Å². The number of benzene rings is 1. The highest BCUT2D eigenvalue weighted by molar-refractivity contribution is 7.80. The Bertz CT molecular complexity index is 770.